The summed E-state index contributed by atoms with van der Waals surface area (Å²) in [6.45, 7) is 6.91. The van der Waals surface area contributed by atoms with Crippen molar-refractivity contribution in [3.63, 3.8) is 0 Å². The van der Waals surface area contributed by atoms with Gasteiger partial charge in [-0.1, -0.05) is 19.9 Å². The van der Waals surface area contributed by atoms with Crippen molar-refractivity contribution < 1.29 is 4.74 Å². The van der Waals surface area contributed by atoms with E-state index in [1.807, 2.05) is 0 Å². The van der Waals surface area contributed by atoms with E-state index in [1.165, 1.54) is 5.69 Å². The van der Waals surface area contributed by atoms with E-state index in [1.54, 1.807) is 0 Å². The third kappa shape index (κ3) is 3.03. The number of pyridine rings is 1. The molecule has 1 unspecified atom stereocenters. The summed E-state index contributed by atoms with van der Waals surface area (Å²) in [7, 11) is 0. The van der Waals surface area contributed by atoms with Gasteiger partial charge in [-0.15, -0.1) is 0 Å². The molecule has 1 aliphatic rings. The zero-order valence-corrected chi connectivity index (χ0v) is 10.1. The number of hydrogen-bond acceptors (Lipinski definition) is 3. The van der Waals surface area contributed by atoms with Gasteiger partial charge in [0, 0.05) is 24.9 Å². The SMILES string of the molecule is CC(C)c1cccc(CNC2CCOC2)n1. The number of nitrogens with one attached hydrogen (secondary N) is 1. The average Bonchev–Trinajstić information content (AvgIpc) is 2.79. The molecule has 0 aromatic carbocycles. The van der Waals surface area contributed by atoms with Crippen LogP contribution >= 0.6 is 0 Å². The summed E-state index contributed by atoms with van der Waals surface area (Å²) < 4.78 is 5.32. The maximum atomic E-state index is 5.32. The maximum Gasteiger partial charge on any atom is 0.0620 e. The van der Waals surface area contributed by atoms with Crippen molar-refractivity contribution in [2.45, 2.75) is 38.8 Å². The van der Waals surface area contributed by atoms with Crippen molar-refractivity contribution >= 4 is 0 Å². The van der Waals surface area contributed by atoms with Crippen LogP contribution in [-0.2, 0) is 11.3 Å². The monoisotopic (exact) mass is 220 g/mol. The second kappa shape index (κ2) is 5.41. The Labute approximate surface area is 97.2 Å². The molecule has 1 atom stereocenters. The van der Waals surface area contributed by atoms with E-state index in [4.69, 9.17) is 4.74 Å². The zero-order valence-electron chi connectivity index (χ0n) is 10.1. The highest BCUT2D eigenvalue weighted by atomic mass is 16.5. The van der Waals surface area contributed by atoms with Gasteiger partial charge < -0.3 is 10.1 Å². The Morgan fingerprint density at radius 1 is 1.50 bits per heavy atom. The lowest BCUT2D eigenvalue weighted by Gasteiger charge is -2.11. The van der Waals surface area contributed by atoms with Crippen molar-refractivity contribution in [3.05, 3.63) is 29.6 Å². The number of rotatable bonds is 4. The minimum absolute atomic E-state index is 0.495. The van der Waals surface area contributed by atoms with Crippen molar-refractivity contribution in [2.75, 3.05) is 13.2 Å². The molecule has 1 N–H and O–H groups in total. The molecule has 3 nitrogen and oxygen atoms in total. The molecule has 1 aromatic heterocycles. The molecule has 1 aromatic rings. The van der Waals surface area contributed by atoms with Gasteiger partial charge in [0.15, 0.2) is 0 Å². The molecular weight excluding hydrogens is 200 g/mol. The molecule has 0 spiro atoms. The Hall–Kier alpha value is -0.930. The molecule has 0 bridgehead atoms. The standard InChI is InChI=1S/C13H20N2O/c1-10(2)13-5-3-4-11(15-13)8-14-12-6-7-16-9-12/h3-5,10,12,14H,6-9H2,1-2H3. The Morgan fingerprint density at radius 3 is 3.06 bits per heavy atom. The Morgan fingerprint density at radius 2 is 2.38 bits per heavy atom. The summed E-state index contributed by atoms with van der Waals surface area (Å²) in [6, 6.07) is 6.76. The number of hydrogen-bond donors (Lipinski definition) is 1. The van der Waals surface area contributed by atoms with Gasteiger partial charge in [0.2, 0.25) is 0 Å². The number of aromatic nitrogens is 1. The minimum atomic E-state index is 0.495. The normalized spacial score (nSPS) is 20.6. The topological polar surface area (TPSA) is 34.1 Å². The van der Waals surface area contributed by atoms with Gasteiger partial charge in [-0.05, 0) is 24.5 Å². The quantitative estimate of drug-likeness (QED) is 0.843. The fourth-order valence-corrected chi connectivity index (χ4v) is 1.86. The number of ether oxygens (including phenoxy) is 1. The molecular formula is C13H20N2O. The van der Waals surface area contributed by atoms with Gasteiger partial charge >= 0.3 is 0 Å². The van der Waals surface area contributed by atoms with Crippen molar-refractivity contribution in [3.8, 4) is 0 Å². The molecule has 1 fully saturated rings. The summed E-state index contributed by atoms with van der Waals surface area (Å²) in [6.07, 6.45) is 1.11. The van der Waals surface area contributed by atoms with Crippen LogP contribution in [0, 0.1) is 0 Å². The Bertz CT molecular complexity index is 332. The minimum Gasteiger partial charge on any atom is -0.380 e. The number of nitrogens with zero attached hydrogens (tertiary/aromatic N) is 1. The molecule has 2 rings (SSSR count). The van der Waals surface area contributed by atoms with E-state index in [2.05, 4.69) is 42.3 Å². The Balaban J connectivity index is 1.90. The highest BCUT2D eigenvalue weighted by Crippen LogP contribution is 2.12. The predicted octanol–water partition coefficient (Wildman–Crippen LogP) is 2.08. The van der Waals surface area contributed by atoms with Gasteiger partial charge in [-0.3, -0.25) is 4.98 Å². The molecule has 0 radical (unpaired) electrons. The molecule has 0 saturated carbocycles. The first kappa shape index (κ1) is 11.6. The van der Waals surface area contributed by atoms with Crippen molar-refractivity contribution in [1.29, 1.82) is 0 Å². The van der Waals surface area contributed by atoms with Crippen LogP contribution in [0.15, 0.2) is 18.2 Å². The van der Waals surface area contributed by atoms with Crippen LogP contribution in [0.1, 0.15) is 37.6 Å². The molecule has 88 valence electrons. The smallest absolute Gasteiger partial charge is 0.0620 e. The molecule has 0 aliphatic carbocycles. The average molecular weight is 220 g/mol. The summed E-state index contributed by atoms with van der Waals surface area (Å²) in [5.41, 5.74) is 2.29. The molecule has 16 heavy (non-hydrogen) atoms. The van der Waals surface area contributed by atoms with Crippen LogP contribution < -0.4 is 5.32 Å². The highest BCUT2D eigenvalue weighted by molar-refractivity contribution is 5.13. The van der Waals surface area contributed by atoms with Gasteiger partial charge in [0.1, 0.15) is 0 Å². The lowest BCUT2D eigenvalue weighted by atomic mass is 10.1. The van der Waals surface area contributed by atoms with Crippen LogP contribution in [0.3, 0.4) is 0 Å². The third-order valence-electron chi connectivity index (χ3n) is 2.92. The van der Waals surface area contributed by atoms with Crippen molar-refractivity contribution in [2.24, 2.45) is 0 Å². The second-order valence-electron chi connectivity index (χ2n) is 4.65. The van der Waals surface area contributed by atoms with Crippen LogP contribution in [0.25, 0.3) is 0 Å². The summed E-state index contributed by atoms with van der Waals surface area (Å²) in [5, 5.41) is 3.48. The van der Waals surface area contributed by atoms with Crippen LogP contribution in [0.2, 0.25) is 0 Å². The van der Waals surface area contributed by atoms with Crippen LogP contribution in [0.5, 0.6) is 0 Å². The van der Waals surface area contributed by atoms with E-state index in [0.717, 1.165) is 31.9 Å². The lowest BCUT2D eigenvalue weighted by Crippen LogP contribution is -2.29. The van der Waals surface area contributed by atoms with E-state index in [0.29, 0.717) is 12.0 Å². The van der Waals surface area contributed by atoms with Gasteiger partial charge in [0.25, 0.3) is 0 Å². The Kier molecular flexibility index (Phi) is 3.91. The first-order valence-corrected chi connectivity index (χ1v) is 6.02. The van der Waals surface area contributed by atoms with Crippen LogP contribution in [-0.4, -0.2) is 24.2 Å². The fourth-order valence-electron chi connectivity index (χ4n) is 1.86. The van der Waals surface area contributed by atoms with Gasteiger partial charge in [0.05, 0.1) is 12.3 Å². The first-order valence-electron chi connectivity index (χ1n) is 6.02. The molecule has 1 aliphatic heterocycles. The third-order valence-corrected chi connectivity index (χ3v) is 2.92. The second-order valence-corrected chi connectivity index (χ2v) is 4.65. The van der Waals surface area contributed by atoms with Crippen molar-refractivity contribution in [1.82, 2.24) is 10.3 Å². The van der Waals surface area contributed by atoms with Gasteiger partial charge in [-0.25, -0.2) is 0 Å². The molecule has 2 heterocycles. The zero-order chi connectivity index (χ0) is 11.4. The largest absolute Gasteiger partial charge is 0.380 e. The van der Waals surface area contributed by atoms with Gasteiger partial charge in [-0.2, -0.15) is 0 Å². The van der Waals surface area contributed by atoms with E-state index >= 15 is 0 Å². The van der Waals surface area contributed by atoms with E-state index < -0.39 is 0 Å². The predicted molar refractivity (Wildman–Crippen MR) is 64.4 cm³/mol. The molecule has 0 amide bonds. The maximum absolute atomic E-state index is 5.32. The fraction of sp³-hybridized carbons (Fsp3) is 0.615. The summed E-state index contributed by atoms with van der Waals surface area (Å²) in [5.74, 6) is 0.495. The van der Waals surface area contributed by atoms with E-state index in [9.17, 15) is 0 Å². The van der Waals surface area contributed by atoms with Crippen LogP contribution in [0.4, 0.5) is 0 Å². The van der Waals surface area contributed by atoms with E-state index in [-0.39, 0.29) is 0 Å². The first-order chi connectivity index (χ1) is 7.75. The molecule has 3 heteroatoms. The summed E-state index contributed by atoms with van der Waals surface area (Å²) >= 11 is 0. The summed E-state index contributed by atoms with van der Waals surface area (Å²) in [4.78, 5) is 4.63. The lowest BCUT2D eigenvalue weighted by molar-refractivity contribution is 0.189. The molecule has 1 saturated heterocycles. The highest BCUT2D eigenvalue weighted by Gasteiger charge is 2.14.